The summed E-state index contributed by atoms with van der Waals surface area (Å²) >= 11 is 0. The summed E-state index contributed by atoms with van der Waals surface area (Å²) < 4.78 is 7.03. The van der Waals surface area contributed by atoms with Crippen LogP contribution in [-0.4, -0.2) is 29.2 Å². The van der Waals surface area contributed by atoms with E-state index < -0.39 is 0 Å². The Morgan fingerprint density at radius 1 is 1.14 bits per heavy atom. The van der Waals surface area contributed by atoms with E-state index >= 15 is 0 Å². The molecule has 4 heteroatoms. The fourth-order valence-corrected chi connectivity index (χ4v) is 2.62. The quantitative estimate of drug-likeness (QED) is 0.736. The lowest BCUT2D eigenvalue weighted by molar-refractivity contribution is 0.104. The molecule has 0 saturated carbocycles. The minimum absolute atomic E-state index is 0.0319. The first-order valence-corrected chi connectivity index (χ1v) is 7.12. The lowest BCUT2D eigenvalue weighted by Gasteiger charge is -2.02. The number of carbonyl (C=O) groups excluding carboxylic acids is 1. The molecule has 1 aromatic heterocycles. The molecule has 3 aromatic rings. The molecule has 2 aromatic carbocycles. The van der Waals surface area contributed by atoms with Crippen LogP contribution in [0.1, 0.15) is 15.9 Å². The van der Waals surface area contributed by atoms with Crippen LogP contribution in [0.25, 0.3) is 10.9 Å². The third kappa shape index (κ3) is 2.49. The maximum Gasteiger partial charge on any atom is 0.195 e. The number of fused-ring (bicyclic) bond motifs is 1. The second kappa shape index (κ2) is 6.03. The fraction of sp³-hybridized carbons (Fsp3) is 0.167. The summed E-state index contributed by atoms with van der Waals surface area (Å²) in [4.78, 5) is 12.8. The van der Waals surface area contributed by atoms with Gasteiger partial charge in [-0.05, 0) is 30.3 Å². The Hall–Kier alpha value is -2.59. The number of carbonyl (C=O) groups is 1. The maximum absolute atomic E-state index is 12.8. The van der Waals surface area contributed by atoms with Gasteiger partial charge in [0.15, 0.2) is 5.78 Å². The SMILES string of the molecule is COc1ccc(C(=O)c2cn(CCO)c3ccccc23)cc1. The molecule has 0 atom stereocenters. The topological polar surface area (TPSA) is 51.5 Å². The Balaban J connectivity index is 2.06. The van der Waals surface area contributed by atoms with E-state index in [0.29, 0.717) is 17.7 Å². The lowest BCUT2D eigenvalue weighted by atomic mass is 10.0. The molecule has 0 radical (unpaired) electrons. The zero-order chi connectivity index (χ0) is 15.5. The van der Waals surface area contributed by atoms with Crippen LogP contribution in [0, 0.1) is 0 Å². The van der Waals surface area contributed by atoms with Crippen molar-refractivity contribution < 1.29 is 14.6 Å². The molecule has 112 valence electrons. The monoisotopic (exact) mass is 295 g/mol. The van der Waals surface area contributed by atoms with Gasteiger partial charge in [0.25, 0.3) is 0 Å². The van der Waals surface area contributed by atoms with E-state index in [9.17, 15) is 9.90 Å². The normalized spacial score (nSPS) is 10.8. The Morgan fingerprint density at radius 3 is 2.55 bits per heavy atom. The molecule has 0 fully saturated rings. The number of hydrogen-bond donors (Lipinski definition) is 1. The number of benzene rings is 2. The van der Waals surface area contributed by atoms with E-state index in [2.05, 4.69) is 0 Å². The predicted molar refractivity (Wildman–Crippen MR) is 85.5 cm³/mol. The number of ether oxygens (including phenoxy) is 1. The largest absolute Gasteiger partial charge is 0.497 e. The van der Waals surface area contributed by atoms with Gasteiger partial charge in [0.05, 0.1) is 13.7 Å². The lowest BCUT2D eigenvalue weighted by Crippen LogP contribution is -2.02. The van der Waals surface area contributed by atoms with Crippen LogP contribution in [0.4, 0.5) is 0 Å². The molecule has 0 amide bonds. The second-order valence-electron chi connectivity index (χ2n) is 5.03. The molecule has 0 aliphatic carbocycles. The van der Waals surface area contributed by atoms with Crippen molar-refractivity contribution in [1.82, 2.24) is 4.57 Å². The molecule has 0 saturated heterocycles. The Kier molecular flexibility index (Phi) is 3.94. The van der Waals surface area contributed by atoms with Crippen LogP contribution in [0.3, 0.4) is 0 Å². The number of hydrogen-bond acceptors (Lipinski definition) is 3. The first-order chi connectivity index (χ1) is 10.7. The minimum atomic E-state index is -0.0319. The maximum atomic E-state index is 12.8. The van der Waals surface area contributed by atoms with Crippen LogP contribution in [0.15, 0.2) is 54.7 Å². The van der Waals surface area contributed by atoms with Crippen LogP contribution >= 0.6 is 0 Å². The van der Waals surface area contributed by atoms with Crippen molar-refractivity contribution in [3.8, 4) is 5.75 Å². The van der Waals surface area contributed by atoms with E-state index in [1.54, 1.807) is 31.4 Å². The van der Waals surface area contributed by atoms with Crippen molar-refractivity contribution in [3.63, 3.8) is 0 Å². The summed E-state index contributed by atoms with van der Waals surface area (Å²) in [5, 5.41) is 10.1. The number of aliphatic hydroxyl groups is 1. The van der Waals surface area contributed by atoms with Crippen LogP contribution < -0.4 is 4.74 Å². The fourth-order valence-electron chi connectivity index (χ4n) is 2.62. The zero-order valence-corrected chi connectivity index (χ0v) is 12.3. The van der Waals surface area contributed by atoms with E-state index in [1.807, 2.05) is 35.0 Å². The first-order valence-electron chi connectivity index (χ1n) is 7.12. The summed E-state index contributed by atoms with van der Waals surface area (Å²) in [7, 11) is 1.60. The zero-order valence-electron chi connectivity index (χ0n) is 12.3. The molecule has 0 bridgehead atoms. The molecule has 0 aliphatic rings. The van der Waals surface area contributed by atoms with Gasteiger partial charge < -0.3 is 14.4 Å². The van der Waals surface area contributed by atoms with E-state index in [0.717, 1.165) is 16.7 Å². The smallest absolute Gasteiger partial charge is 0.195 e. The highest BCUT2D eigenvalue weighted by atomic mass is 16.5. The summed E-state index contributed by atoms with van der Waals surface area (Å²) in [6.07, 6.45) is 1.81. The van der Waals surface area contributed by atoms with E-state index in [-0.39, 0.29) is 12.4 Å². The molecule has 3 rings (SSSR count). The van der Waals surface area contributed by atoms with Gasteiger partial charge in [0, 0.05) is 34.8 Å². The van der Waals surface area contributed by atoms with Gasteiger partial charge in [-0.1, -0.05) is 18.2 Å². The minimum Gasteiger partial charge on any atom is -0.497 e. The average molecular weight is 295 g/mol. The molecule has 0 unspecified atom stereocenters. The Labute approximate surface area is 128 Å². The van der Waals surface area contributed by atoms with Crippen molar-refractivity contribution in [2.75, 3.05) is 13.7 Å². The second-order valence-corrected chi connectivity index (χ2v) is 5.03. The summed E-state index contributed by atoms with van der Waals surface area (Å²) in [6, 6.07) is 14.8. The Bertz CT molecular complexity index is 803. The van der Waals surface area contributed by atoms with Crippen molar-refractivity contribution in [2.45, 2.75) is 6.54 Å². The van der Waals surface area contributed by atoms with Gasteiger partial charge in [-0.3, -0.25) is 4.79 Å². The van der Waals surface area contributed by atoms with Gasteiger partial charge >= 0.3 is 0 Å². The van der Waals surface area contributed by atoms with Crippen molar-refractivity contribution >= 4 is 16.7 Å². The molecule has 0 aliphatic heterocycles. The van der Waals surface area contributed by atoms with Gasteiger partial charge in [-0.25, -0.2) is 0 Å². The molecule has 4 nitrogen and oxygen atoms in total. The standard InChI is InChI=1S/C18H17NO3/c1-22-14-8-6-13(7-9-14)18(21)16-12-19(10-11-20)17-5-3-2-4-15(16)17/h2-9,12,20H,10-11H2,1H3. The molecule has 1 N–H and O–H groups in total. The van der Waals surface area contributed by atoms with Gasteiger partial charge in [0.2, 0.25) is 0 Å². The third-order valence-electron chi connectivity index (χ3n) is 3.73. The van der Waals surface area contributed by atoms with Gasteiger partial charge in [-0.2, -0.15) is 0 Å². The molecule has 1 heterocycles. The third-order valence-corrected chi connectivity index (χ3v) is 3.73. The highest BCUT2D eigenvalue weighted by Crippen LogP contribution is 2.24. The van der Waals surface area contributed by atoms with Crippen molar-refractivity contribution in [2.24, 2.45) is 0 Å². The van der Waals surface area contributed by atoms with Crippen LogP contribution in [0.2, 0.25) is 0 Å². The molecule has 22 heavy (non-hydrogen) atoms. The highest BCUT2D eigenvalue weighted by molar-refractivity contribution is 6.16. The van der Waals surface area contributed by atoms with Gasteiger partial charge in [-0.15, -0.1) is 0 Å². The number of aromatic nitrogens is 1. The summed E-state index contributed by atoms with van der Waals surface area (Å²) in [6.45, 7) is 0.505. The van der Waals surface area contributed by atoms with Crippen LogP contribution in [-0.2, 0) is 6.54 Å². The summed E-state index contributed by atoms with van der Waals surface area (Å²) in [5.41, 5.74) is 2.22. The number of ketones is 1. The van der Waals surface area contributed by atoms with E-state index in [4.69, 9.17) is 4.74 Å². The average Bonchev–Trinajstić information content (AvgIpc) is 2.94. The number of nitrogens with zero attached hydrogens (tertiary/aromatic N) is 1. The van der Waals surface area contributed by atoms with Gasteiger partial charge in [0.1, 0.15) is 5.75 Å². The molecular weight excluding hydrogens is 278 g/mol. The number of aliphatic hydroxyl groups excluding tert-OH is 1. The van der Waals surface area contributed by atoms with Crippen LogP contribution in [0.5, 0.6) is 5.75 Å². The number of methoxy groups -OCH3 is 1. The highest BCUT2D eigenvalue weighted by Gasteiger charge is 2.16. The summed E-state index contributed by atoms with van der Waals surface area (Å²) in [5.74, 6) is 0.690. The van der Waals surface area contributed by atoms with Crippen molar-refractivity contribution in [1.29, 1.82) is 0 Å². The van der Waals surface area contributed by atoms with E-state index in [1.165, 1.54) is 0 Å². The predicted octanol–water partition coefficient (Wildman–Crippen LogP) is 2.87. The Morgan fingerprint density at radius 2 is 1.86 bits per heavy atom. The number of rotatable bonds is 5. The molecular formula is C18H17NO3. The first kappa shape index (κ1) is 14.4. The van der Waals surface area contributed by atoms with Crippen molar-refractivity contribution in [3.05, 3.63) is 65.9 Å². The molecule has 0 spiro atoms. The number of para-hydroxylation sites is 1.